The zero-order valence-electron chi connectivity index (χ0n) is 9.48. The predicted molar refractivity (Wildman–Crippen MR) is 70.7 cm³/mol. The Kier molecular flexibility index (Phi) is 3.27. The number of halogens is 1. The van der Waals surface area contributed by atoms with E-state index in [1.165, 1.54) is 18.2 Å². The molecule has 0 aliphatic heterocycles. The molecule has 2 aromatic rings. The second-order valence-electron chi connectivity index (χ2n) is 3.71. The standard InChI is InChI=1S/C11H11FN2O2S2/c1-7-2-5-11(17-7)18(15,16)14-10-4-3-8(13)6-9(10)12/h2-6,14H,13H2,1H3. The number of nitrogens with two attached hydrogens (primary N) is 1. The summed E-state index contributed by atoms with van der Waals surface area (Å²) in [6.45, 7) is 1.80. The van der Waals surface area contributed by atoms with Crippen LogP contribution in [0.3, 0.4) is 0 Å². The number of nitrogens with one attached hydrogen (secondary N) is 1. The highest BCUT2D eigenvalue weighted by Gasteiger charge is 2.18. The lowest BCUT2D eigenvalue weighted by Gasteiger charge is -2.07. The van der Waals surface area contributed by atoms with Gasteiger partial charge in [-0.3, -0.25) is 4.72 Å². The van der Waals surface area contributed by atoms with E-state index < -0.39 is 15.8 Å². The summed E-state index contributed by atoms with van der Waals surface area (Å²) >= 11 is 1.13. The number of hydrogen-bond donors (Lipinski definition) is 2. The lowest BCUT2D eigenvalue weighted by Crippen LogP contribution is -2.12. The van der Waals surface area contributed by atoms with Crippen LogP contribution in [0, 0.1) is 12.7 Å². The van der Waals surface area contributed by atoms with Gasteiger partial charge in [-0.05, 0) is 37.3 Å². The summed E-state index contributed by atoms with van der Waals surface area (Å²) in [6.07, 6.45) is 0. The van der Waals surface area contributed by atoms with Crippen molar-refractivity contribution in [3.63, 3.8) is 0 Å². The van der Waals surface area contributed by atoms with Crippen molar-refractivity contribution >= 4 is 32.7 Å². The van der Waals surface area contributed by atoms with E-state index in [1.54, 1.807) is 13.0 Å². The molecule has 96 valence electrons. The Morgan fingerprint density at radius 3 is 2.56 bits per heavy atom. The second-order valence-corrected chi connectivity index (χ2v) is 6.91. The van der Waals surface area contributed by atoms with Crippen molar-refractivity contribution in [1.82, 2.24) is 0 Å². The molecule has 0 saturated carbocycles. The maximum absolute atomic E-state index is 13.5. The molecular formula is C11H11FN2O2S2. The number of anilines is 2. The first-order chi connectivity index (χ1) is 8.38. The maximum Gasteiger partial charge on any atom is 0.271 e. The Bertz CT molecular complexity index is 680. The predicted octanol–water partition coefficient (Wildman–Crippen LogP) is 2.58. The van der Waals surface area contributed by atoms with E-state index in [1.807, 2.05) is 0 Å². The lowest BCUT2D eigenvalue weighted by molar-refractivity contribution is 0.600. The van der Waals surface area contributed by atoms with Crippen molar-refractivity contribution in [1.29, 1.82) is 0 Å². The first-order valence-corrected chi connectivity index (χ1v) is 7.33. The molecular weight excluding hydrogens is 275 g/mol. The zero-order valence-corrected chi connectivity index (χ0v) is 11.1. The van der Waals surface area contributed by atoms with Crippen LogP contribution in [0.25, 0.3) is 0 Å². The van der Waals surface area contributed by atoms with Gasteiger partial charge in [-0.25, -0.2) is 12.8 Å². The fourth-order valence-corrected chi connectivity index (χ4v) is 3.72. The Hall–Kier alpha value is -1.60. The minimum absolute atomic E-state index is 0.116. The van der Waals surface area contributed by atoms with Crippen LogP contribution < -0.4 is 10.5 Å². The molecule has 0 bridgehead atoms. The molecule has 0 aliphatic rings. The fourth-order valence-electron chi connectivity index (χ4n) is 1.37. The molecule has 3 N–H and O–H groups in total. The van der Waals surface area contributed by atoms with Gasteiger partial charge in [0.2, 0.25) is 0 Å². The molecule has 18 heavy (non-hydrogen) atoms. The highest BCUT2D eigenvalue weighted by molar-refractivity contribution is 7.94. The molecule has 0 radical (unpaired) electrons. The van der Waals surface area contributed by atoms with Gasteiger partial charge >= 0.3 is 0 Å². The van der Waals surface area contributed by atoms with Crippen molar-refractivity contribution in [2.45, 2.75) is 11.1 Å². The summed E-state index contributed by atoms with van der Waals surface area (Å²) in [6, 6.07) is 6.97. The first-order valence-electron chi connectivity index (χ1n) is 5.03. The quantitative estimate of drug-likeness (QED) is 0.852. The Labute approximate surface area is 108 Å². The summed E-state index contributed by atoms with van der Waals surface area (Å²) in [5.74, 6) is -0.702. The SMILES string of the molecule is Cc1ccc(S(=O)(=O)Nc2ccc(N)cc2F)s1. The van der Waals surface area contributed by atoms with Crippen LogP contribution >= 0.6 is 11.3 Å². The molecule has 0 aliphatic carbocycles. The monoisotopic (exact) mass is 286 g/mol. The van der Waals surface area contributed by atoms with Crippen LogP contribution in [0.5, 0.6) is 0 Å². The Balaban J connectivity index is 2.33. The number of sulfonamides is 1. The van der Waals surface area contributed by atoms with Crippen LogP contribution in [0.2, 0.25) is 0 Å². The van der Waals surface area contributed by atoms with Gasteiger partial charge in [0, 0.05) is 10.6 Å². The molecule has 2 rings (SSSR count). The van der Waals surface area contributed by atoms with Crippen LogP contribution in [0.1, 0.15) is 4.88 Å². The summed E-state index contributed by atoms with van der Waals surface area (Å²) in [7, 11) is -3.74. The highest BCUT2D eigenvalue weighted by Crippen LogP contribution is 2.25. The highest BCUT2D eigenvalue weighted by atomic mass is 32.2. The topological polar surface area (TPSA) is 72.2 Å². The molecule has 7 heteroatoms. The molecule has 0 spiro atoms. The van der Waals surface area contributed by atoms with E-state index in [4.69, 9.17) is 5.73 Å². The zero-order chi connectivity index (χ0) is 13.3. The van der Waals surface area contributed by atoms with E-state index in [0.29, 0.717) is 0 Å². The molecule has 0 amide bonds. The fraction of sp³-hybridized carbons (Fsp3) is 0.0909. The van der Waals surface area contributed by atoms with Crippen LogP contribution in [-0.4, -0.2) is 8.42 Å². The van der Waals surface area contributed by atoms with Crippen LogP contribution in [0.4, 0.5) is 15.8 Å². The van der Waals surface area contributed by atoms with Gasteiger partial charge < -0.3 is 5.73 Å². The molecule has 0 atom stereocenters. The van der Waals surface area contributed by atoms with Gasteiger partial charge in [0.1, 0.15) is 10.0 Å². The average Bonchev–Trinajstić information content (AvgIpc) is 2.70. The van der Waals surface area contributed by atoms with Gasteiger partial charge in [-0.15, -0.1) is 11.3 Å². The molecule has 4 nitrogen and oxygen atoms in total. The number of thiophene rings is 1. The van der Waals surface area contributed by atoms with Crippen molar-refractivity contribution < 1.29 is 12.8 Å². The summed E-state index contributed by atoms with van der Waals surface area (Å²) in [5.41, 5.74) is 5.51. The largest absolute Gasteiger partial charge is 0.399 e. The maximum atomic E-state index is 13.5. The third-order valence-corrected chi connectivity index (χ3v) is 5.08. The van der Waals surface area contributed by atoms with Crippen LogP contribution in [-0.2, 0) is 10.0 Å². The van der Waals surface area contributed by atoms with Crippen molar-refractivity contribution in [2.24, 2.45) is 0 Å². The first kappa shape index (κ1) is 12.8. The van der Waals surface area contributed by atoms with E-state index in [9.17, 15) is 12.8 Å². The molecule has 1 aromatic heterocycles. The van der Waals surface area contributed by atoms with Crippen molar-refractivity contribution in [3.8, 4) is 0 Å². The molecule has 1 aromatic carbocycles. The number of hydrogen-bond acceptors (Lipinski definition) is 4. The molecule has 0 fully saturated rings. The molecule has 0 unspecified atom stereocenters. The van der Waals surface area contributed by atoms with E-state index >= 15 is 0 Å². The number of nitrogen functional groups attached to an aromatic ring is 1. The third-order valence-electron chi connectivity index (χ3n) is 2.22. The van der Waals surface area contributed by atoms with Gasteiger partial charge in [0.25, 0.3) is 10.0 Å². The van der Waals surface area contributed by atoms with E-state index in [-0.39, 0.29) is 15.6 Å². The minimum atomic E-state index is -3.74. The summed E-state index contributed by atoms with van der Waals surface area (Å²) < 4.78 is 39.7. The van der Waals surface area contributed by atoms with Crippen molar-refractivity contribution in [3.05, 3.63) is 41.0 Å². The number of rotatable bonds is 3. The molecule has 1 heterocycles. The van der Waals surface area contributed by atoms with Crippen molar-refractivity contribution in [2.75, 3.05) is 10.5 Å². The van der Waals surface area contributed by atoms with E-state index in [0.717, 1.165) is 22.3 Å². The van der Waals surface area contributed by atoms with Gasteiger partial charge in [-0.1, -0.05) is 0 Å². The minimum Gasteiger partial charge on any atom is -0.399 e. The van der Waals surface area contributed by atoms with Gasteiger partial charge in [0.15, 0.2) is 0 Å². The lowest BCUT2D eigenvalue weighted by atomic mass is 10.3. The van der Waals surface area contributed by atoms with Crippen LogP contribution in [0.15, 0.2) is 34.5 Å². The Morgan fingerprint density at radius 2 is 2.00 bits per heavy atom. The third kappa shape index (κ3) is 2.62. The van der Waals surface area contributed by atoms with Gasteiger partial charge in [0.05, 0.1) is 5.69 Å². The number of benzene rings is 1. The van der Waals surface area contributed by atoms with Gasteiger partial charge in [-0.2, -0.15) is 0 Å². The summed E-state index contributed by atoms with van der Waals surface area (Å²) in [5, 5.41) is 0. The van der Waals surface area contributed by atoms with E-state index in [2.05, 4.69) is 4.72 Å². The second kappa shape index (κ2) is 4.58. The normalized spacial score (nSPS) is 11.4. The summed E-state index contributed by atoms with van der Waals surface area (Å²) in [4.78, 5) is 0.869. The smallest absolute Gasteiger partial charge is 0.271 e. The average molecular weight is 286 g/mol. The number of aryl methyl sites for hydroxylation is 1. The Morgan fingerprint density at radius 1 is 1.28 bits per heavy atom. The molecule has 0 saturated heterocycles.